The summed E-state index contributed by atoms with van der Waals surface area (Å²) < 4.78 is 45.3. The molecule has 114 valence electrons. The molecule has 1 aromatic heterocycles. The van der Waals surface area contributed by atoms with E-state index >= 15 is 0 Å². The minimum atomic E-state index is -1.60. The van der Waals surface area contributed by atoms with Gasteiger partial charge in [0.1, 0.15) is 0 Å². The summed E-state index contributed by atoms with van der Waals surface area (Å²) in [4.78, 5) is 3.98. The minimum Gasteiger partial charge on any atom is -0.479 e. The van der Waals surface area contributed by atoms with Crippen LogP contribution in [0.4, 0.5) is 13.2 Å². The lowest BCUT2D eigenvalue weighted by Gasteiger charge is -2.17. The minimum absolute atomic E-state index is 0.102. The summed E-state index contributed by atoms with van der Waals surface area (Å²) in [5.74, 6) is -4.48. The van der Waals surface area contributed by atoms with E-state index in [2.05, 4.69) is 31.1 Å². The summed E-state index contributed by atoms with van der Waals surface area (Å²) in [6.45, 7) is -0.102. The molecule has 0 spiro atoms. The zero-order valence-corrected chi connectivity index (χ0v) is 12.2. The lowest BCUT2D eigenvalue weighted by Crippen LogP contribution is -2.12. The quantitative estimate of drug-likeness (QED) is 0.772. The van der Waals surface area contributed by atoms with E-state index in [1.807, 2.05) is 0 Å². The van der Waals surface area contributed by atoms with Crippen LogP contribution < -0.4 is 4.74 Å². The molecule has 2 N–H and O–H groups in total. The summed E-state index contributed by atoms with van der Waals surface area (Å²) >= 11 is 3.05. The second-order valence-electron chi connectivity index (χ2n) is 4.14. The molecule has 0 aliphatic rings. The van der Waals surface area contributed by atoms with E-state index in [1.165, 1.54) is 0 Å². The Labute approximate surface area is 126 Å². The number of H-pyrrole nitrogens is 1. The van der Waals surface area contributed by atoms with Crippen molar-refractivity contribution in [3.63, 3.8) is 0 Å². The molecule has 5 nitrogen and oxygen atoms in total. The topological polar surface area (TPSA) is 71.0 Å². The molecule has 1 unspecified atom stereocenters. The van der Waals surface area contributed by atoms with Crippen LogP contribution in [-0.4, -0.2) is 26.9 Å². The highest BCUT2D eigenvalue weighted by molar-refractivity contribution is 9.10. The van der Waals surface area contributed by atoms with Gasteiger partial charge in [-0.1, -0.05) is 0 Å². The second kappa shape index (κ2) is 6.90. The fourth-order valence-corrected chi connectivity index (χ4v) is 1.96. The summed E-state index contributed by atoms with van der Waals surface area (Å²) in [5.41, 5.74) is 0. The Bertz CT molecular complexity index is 624. The molecule has 9 heteroatoms. The van der Waals surface area contributed by atoms with Crippen LogP contribution in [0.5, 0.6) is 5.75 Å². The molecule has 1 atom stereocenters. The molecule has 2 rings (SSSR count). The Hall–Kier alpha value is -1.61. The van der Waals surface area contributed by atoms with Gasteiger partial charge in [-0.3, -0.25) is 5.10 Å². The standard InChI is InChI=1S/C12H11BrF3N3O2/c13-12-17-11(18-19-12)8(2-1-5-20)21-7-4-3-6(14)9(15)10(7)16/h3-4,8,20H,1-2,5H2,(H,17,18,19). The van der Waals surface area contributed by atoms with E-state index in [-0.39, 0.29) is 23.6 Å². The second-order valence-corrected chi connectivity index (χ2v) is 4.84. The molecule has 0 saturated heterocycles. The van der Waals surface area contributed by atoms with Crippen LogP contribution in [0, 0.1) is 17.5 Å². The van der Waals surface area contributed by atoms with E-state index < -0.39 is 29.3 Å². The Morgan fingerprint density at radius 3 is 2.67 bits per heavy atom. The summed E-state index contributed by atoms with van der Waals surface area (Å²) in [6, 6.07) is 1.76. The third kappa shape index (κ3) is 3.73. The zero-order chi connectivity index (χ0) is 15.4. The maximum Gasteiger partial charge on any atom is 0.217 e. The summed E-state index contributed by atoms with van der Waals surface area (Å²) in [5, 5.41) is 15.2. The van der Waals surface area contributed by atoms with Crippen molar-refractivity contribution in [3.8, 4) is 5.75 Å². The number of rotatable bonds is 6. The highest BCUT2D eigenvalue weighted by Gasteiger charge is 2.22. The number of aromatic nitrogens is 3. The van der Waals surface area contributed by atoms with Crippen molar-refractivity contribution in [2.75, 3.05) is 6.61 Å². The first-order valence-corrected chi connectivity index (χ1v) is 6.81. The molecule has 0 aliphatic heterocycles. The third-order valence-electron chi connectivity index (χ3n) is 2.67. The molecule has 2 aromatic rings. The van der Waals surface area contributed by atoms with E-state index in [1.54, 1.807) is 0 Å². The van der Waals surface area contributed by atoms with E-state index in [4.69, 9.17) is 9.84 Å². The van der Waals surface area contributed by atoms with Gasteiger partial charge in [-0.2, -0.15) is 4.39 Å². The predicted molar refractivity (Wildman–Crippen MR) is 70.1 cm³/mol. The van der Waals surface area contributed by atoms with Crippen LogP contribution in [0.2, 0.25) is 0 Å². The average Bonchev–Trinajstić information content (AvgIpc) is 2.89. The van der Waals surface area contributed by atoms with Gasteiger partial charge in [0.05, 0.1) is 0 Å². The van der Waals surface area contributed by atoms with Gasteiger partial charge in [-0.25, -0.2) is 13.8 Å². The van der Waals surface area contributed by atoms with E-state index in [0.717, 1.165) is 12.1 Å². The van der Waals surface area contributed by atoms with Gasteiger partial charge >= 0.3 is 0 Å². The number of ether oxygens (including phenoxy) is 1. The van der Waals surface area contributed by atoms with Crippen LogP contribution in [-0.2, 0) is 0 Å². The van der Waals surface area contributed by atoms with Crippen molar-refractivity contribution in [1.29, 1.82) is 0 Å². The largest absolute Gasteiger partial charge is 0.479 e. The van der Waals surface area contributed by atoms with Gasteiger partial charge in [-0.15, -0.1) is 5.10 Å². The molecule has 1 heterocycles. The van der Waals surface area contributed by atoms with Gasteiger partial charge in [-0.05, 0) is 40.9 Å². The van der Waals surface area contributed by atoms with Crippen LogP contribution in [0.15, 0.2) is 16.9 Å². The molecule has 0 bridgehead atoms. The fraction of sp³-hybridized carbons (Fsp3) is 0.333. The van der Waals surface area contributed by atoms with Crippen molar-refractivity contribution in [3.05, 3.63) is 40.1 Å². The van der Waals surface area contributed by atoms with Crippen molar-refractivity contribution in [2.24, 2.45) is 0 Å². The Balaban J connectivity index is 2.24. The summed E-state index contributed by atoms with van der Waals surface area (Å²) in [7, 11) is 0. The Morgan fingerprint density at radius 1 is 1.29 bits per heavy atom. The molecular weight excluding hydrogens is 355 g/mol. The molecule has 0 radical (unpaired) electrons. The number of benzene rings is 1. The number of hydrogen-bond acceptors (Lipinski definition) is 4. The number of nitrogens with zero attached hydrogens (tertiary/aromatic N) is 2. The van der Waals surface area contributed by atoms with Crippen molar-refractivity contribution in [1.82, 2.24) is 15.2 Å². The first kappa shape index (κ1) is 15.8. The maximum absolute atomic E-state index is 13.6. The van der Waals surface area contributed by atoms with Crippen LogP contribution in [0.25, 0.3) is 0 Å². The Morgan fingerprint density at radius 2 is 2.05 bits per heavy atom. The average molecular weight is 366 g/mol. The monoisotopic (exact) mass is 365 g/mol. The van der Waals surface area contributed by atoms with Crippen molar-refractivity contribution >= 4 is 15.9 Å². The number of aliphatic hydroxyl groups excluding tert-OH is 1. The lowest BCUT2D eigenvalue weighted by atomic mass is 10.2. The maximum atomic E-state index is 13.6. The van der Waals surface area contributed by atoms with Gasteiger partial charge < -0.3 is 9.84 Å². The van der Waals surface area contributed by atoms with Crippen LogP contribution >= 0.6 is 15.9 Å². The highest BCUT2D eigenvalue weighted by Crippen LogP contribution is 2.28. The molecule has 0 fully saturated rings. The molecular formula is C12H11BrF3N3O2. The first-order valence-electron chi connectivity index (χ1n) is 6.01. The lowest BCUT2D eigenvalue weighted by molar-refractivity contribution is 0.159. The van der Waals surface area contributed by atoms with Gasteiger partial charge in [0.2, 0.25) is 10.6 Å². The number of hydrogen-bond donors (Lipinski definition) is 2. The van der Waals surface area contributed by atoms with Crippen LogP contribution in [0.3, 0.4) is 0 Å². The van der Waals surface area contributed by atoms with Gasteiger partial charge in [0.15, 0.2) is 29.3 Å². The number of nitrogens with one attached hydrogen (secondary N) is 1. The van der Waals surface area contributed by atoms with E-state index in [9.17, 15) is 13.2 Å². The number of aliphatic hydroxyl groups is 1. The van der Waals surface area contributed by atoms with Gasteiger partial charge in [0, 0.05) is 6.61 Å². The summed E-state index contributed by atoms with van der Waals surface area (Å²) in [6.07, 6.45) is -0.138. The first-order chi connectivity index (χ1) is 10.0. The number of aromatic amines is 1. The normalized spacial score (nSPS) is 12.4. The van der Waals surface area contributed by atoms with Crippen LogP contribution in [0.1, 0.15) is 24.8 Å². The molecule has 21 heavy (non-hydrogen) atoms. The SMILES string of the molecule is OCCCC(Oc1ccc(F)c(F)c1F)c1nc(Br)n[nH]1. The highest BCUT2D eigenvalue weighted by atomic mass is 79.9. The van der Waals surface area contributed by atoms with Gasteiger partial charge in [0.25, 0.3) is 0 Å². The predicted octanol–water partition coefficient (Wildman–Crippen LogP) is 2.88. The smallest absolute Gasteiger partial charge is 0.217 e. The van der Waals surface area contributed by atoms with Crippen molar-refractivity contribution < 1.29 is 23.0 Å². The van der Waals surface area contributed by atoms with Crippen molar-refractivity contribution in [2.45, 2.75) is 18.9 Å². The molecule has 0 amide bonds. The fourth-order valence-electron chi connectivity index (χ4n) is 1.68. The Kier molecular flexibility index (Phi) is 5.18. The van der Waals surface area contributed by atoms with E-state index in [0.29, 0.717) is 6.42 Å². The molecule has 0 aliphatic carbocycles. The molecule has 1 aromatic carbocycles. The zero-order valence-electron chi connectivity index (χ0n) is 10.6. The number of halogens is 4. The molecule has 0 saturated carbocycles. The third-order valence-corrected chi connectivity index (χ3v) is 3.03.